The van der Waals surface area contributed by atoms with Crippen LogP contribution in [0.1, 0.15) is 5.56 Å². The Labute approximate surface area is 176 Å². The van der Waals surface area contributed by atoms with Crippen LogP contribution in [0.5, 0.6) is 0 Å². The van der Waals surface area contributed by atoms with E-state index in [0.29, 0.717) is 27.7 Å². The maximum Gasteiger partial charge on any atom is 0.300 e. The van der Waals surface area contributed by atoms with Crippen LogP contribution in [0.2, 0.25) is 5.02 Å². The summed E-state index contributed by atoms with van der Waals surface area (Å²) in [5, 5.41) is 9.28. The van der Waals surface area contributed by atoms with Crippen molar-refractivity contribution >= 4 is 39.8 Å². The number of aryl methyl sites for hydroxylation is 1. The SMILES string of the molecule is Cc1ccc(-c2nn3c(Nc4ccc(Cl)cc4)nc4ccccc4c3nc2=O)cc1. The van der Waals surface area contributed by atoms with Crippen molar-refractivity contribution in [3.8, 4) is 11.3 Å². The van der Waals surface area contributed by atoms with E-state index in [0.717, 1.165) is 16.6 Å². The molecule has 1 N–H and O–H groups in total. The van der Waals surface area contributed by atoms with Crippen LogP contribution in [-0.4, -0.2) is 19.6 Å². The Morgan fingerprint density at radius 3 is 2.40 bits per heavy atom. The molecule has 0 aliphatic rings. The van der Waals surface area contributed by atoms with Crippen molar-refractivity contribution in [1.29, 1.82) is 0 Å². The van der Waals surface area contributed by atoms with Gasteiger partial charge in [-0.1, -0.05) is 53.6 Å². The zero-order valence-corrected chi connectivity index (χ0v) is 16.8. The number of hydrogen-bond acceptors (Lipinski definition) is 5. The van der Waals surface area contributed by atoms with Crippen LogP contribution in [0.4, 0.5) is 11.6 Å². The molecule has 0 bridgehead atoms. The molecule has 30 heavy (non-hydrogen) atoms. The van der Waals surface area contributed by atoms with Gasteiger partial charge in [0, 0.05) is 21.7 Å². The van der Waals surface area contributed by atoms with Crippen LogP contribution in [0.3, 0.4) is 0 Å². The molecule has 5 rings (SSSR count). The van der Waals surface area contributed by atoms with E-state index in [9.17, 15) is 4.79 Å². The quantitative estimate of drug-likeness (QED) is 0.421. The van der Waals surface area contributed by atoms with Gasteiger partial charge in [0.1, 0.15) is 0 Å². The first-order valence-electron chi connectivity index (χ1n) is 9.38. The molecule has 3 aromatic carbocycles. The van der Waals surface area contributed by atoms with Crippen molar-refractivity contribution in [1.82, 2.24) is 19.6 Å². The monoisotopic (exact) mass is 413 g/mol. The summed E-state index contributed by atoms with van der Waals surface area (Å²) in [7, 11) is 0. The van der Waals surface area contributed by atoms with Gasteiger partial charge in [-0.15, -0.1) is 0 Å². The Morgan fingerprint density at radius 1 is 0.900 bits per heavy atom. The Bertz CT molecular complexity index is 1440. The number of anilines is 2. The third-order valence-corrected chi connectivity index (χ3v) is 5.06. The van der Waals surface area contributed by atoms with Crippen LogP contribution in [0.15, 0.2) is 77.6 Å². The molecule has 0 atom stereocenters. The summed E-state index contributed by atoms with van der Waals surface area (Å²) in [6.07, 6.45) is 0. The minimum Gasteiger partial charge on any atom is -0.324 e. The van der Waals surface area contributed by atoms with E-state index in [1.165, 1.54) is 0 Å². The highest BCUT2D eigenvalue weighted by molar-refractivity contribution is 6.30. The molecule has 0 radical (unpaired) electrons. The van der Waals surface area contributed by atoms with Crippen LogP contribution in [-0.2, 0) is 0 Å². The first-order chi connectivity index (χ1) is 14.6. The lowest BCUT2D eigenvalue weighted by atomic mass is 10.1. The lowest BCUT2D eigenvalue weighted by Crippen LogP contribution is -2.18. The molecule has 0 aliphatic carbocycles. The average molecular weight is 414 g/mol. The van der Waals surface area contributed by atoms with Crippen LogP contribution < -0.4 is 10.9 Å². The average Bonchev–Trinajstić information content (AvgIpc) is 2.76. The fraction of sp³-hybridized carbons (Fsp3) is 0.0435. The molecule has 0 saturated heterocycles. The van der Waals surface area contributed by atoms with Crippen LogP contribution in [0.25, 0.3) is 27.8 Å². The van der Waals surface area contributed by atoms with Crippen molar-refractivity contribution < 1.29 is 0 Å². The van der Waals surface area contributed by atoms with E-state index in [1.807, 2.05) is 67.6 Å². The van der Waals surface area contributed by atoms with Gasteiger partial charge in [-0.05, 0) is 43.3 Å². The zero-order valence-electron chi connectivity index (χ0n) is 16.0. The minimum atomic E-state index is -0.382. The van der Waals surface area contributed by atoms with Gasteiger partial charge in [0.15, 0.2) is 11.3 Å². The van der Waals surface area contributed by atoms with Gasteiger partial charge < -0.3 is 5.32 Å². The Hall–Kier alpha value is -3.77. The predicted molar refractivity (Wildman–Crippen MR) is 119 cm³/mol. The summed E-state index contributed by atoms with van der Waals surface area (Å²) in [6.45, 7) is 1.99. The second-order valence-electron chi connectivity index (χ2n) is 6.95. The third kappa shape index (κ3) is 3.27. The molecule has 0 saturated carbocycles. The summed E-state index contributed by atoms with van der Waals surface area (Å²) in [6, 6.07) is 22.4. The van der Waals surface area contributed by atoms with E-state index in [4.69, 9.17) is 16.6 Å². The molecule has 0 fully saturated rings. The molecule has 0 aliphatic heterocycles. The van der Waals surface area contributed by atoms with Crippen molar-refractivity contribution in [2.45, 2.75) is 6.92 Å². The maximum absolute atomic E-state index is 12.8. The first kappa shape index (κ1) is 18.3. The number of halogens is 1. The predicted octanol–water partition coefficient (Wildman–Crippen LogP) is 5.01. The van der Waals surface area contributed by atoms with Gasteiger partial charge in [-0.25, -0.2) is 4.98 Å². The smallest absolute Gasteiger partial charge is 0.300 e. The highest BCUT2D eigenvalue weighted by Gasteiger charge is 2.15. The van der Waals surface area contributed by atoms with Gasteiger partial charge in [-0.2, -0.15) is 14.6 Å². The normalized spacial score (nSPS) is 11.1. The molecular formula is C23H16ClN5O. The summed E-state index contributed by atoms with van der Waals surface area (Å²) >= 11 is 6.00. The summed E-state index contributed by atoms with van der Waals surface area (Å²) in [4.78, 5) is 21.9. The van der Waals surface area contributed by atoms with E-state index in [-0.39, 0.29) is 11.3 Å². The molecule has 5 aromatic rings. The molecule has 2 heterocycles. The second-order valence-corrected chi connectivity index (χ2v) is 7.39. The number of benzene rings is 3. The van der Waals surface area contributed by atoms with Crippen LogP contribution in [0, 0.1) is 6.92 Å². The molecule has 146 valence electrons. The summed E-state index contributed by atoms with van der Waals surface area (Å²) in [5.41, 5.74) is 3.64. The number of hydrogen-bond donors (Lipinski definition) is 1. The molecule has 6 nitrogen and oxygen atoms in total. The van der Waals surface area contributed by atoms with Crippen molar-refractivity contribution in [3.63, 3.8) is 0 Å². The number of aromatic nitrogens is 4. The molecule has 0 amide bonds. The largest absolute Gasteiger partial charge is 0.324 e. The summed E-state index contributed by atoms with van der Waals surface area (Å²) < 4.78 is 1.58. The lowest BCUT2D eigenvalue weighted by molar-refractivity contribution is 0.881. The number of nitrogens with zero attached hydrogens (tertiary/aromatic N) is 4. The van der Waals surface area contributed by atoms with Gasteiger partial charge in [0.2, 0.25) is 5.95 Å². The van der Waals surface area contributed by atoms with E-state index in [2.05, 4.69) is 15.4 Å². The number of para-hydroxylation sites is 1. The van der Waals surface area contributed by atoms with E-state index in [1.54, 1.807) is 16.6 Å². The van der Waals surface area contributed by atoms with Crippen molar-refractivity contribution in [2.75, 3.05) is 5.32 Å². The van der Waals surface area contributed by atoms with Crippen molar-refractivity contribution in [3.05, 3.63) is 93.7 Å². The van der Waals surface area contributed by atoms with Gasteiger partial charge in [0.25, 0.3) is 5.56 Å². The molecular weight excluding hydrogens is 398 g/mol. The fourth-order valence-corrected chi connectivity index (χ4v) is 3.39. The highest BCUT2D eigenvalue weighted by atomic mass is 35.5. The summed E-state index contributed by atoms with van der Waals surface area (Å²) in [5.74, 6) is 0.451. The fourth-order valence-electron chi connectivity index (χ4n) is 3.27. The van der Waals surface area contributed by atoms with Gasteiger partial charge in [0.05, 0.1) is 5.52 Å². The Morgan fingerprint density at radius 2 is 1.63 bits per heavy atom. The maximum atomic E-state index is 12.8. The highest BCUT2D eigenvalue weighted by Crippen LogP contribution is 2.24. The number of fused-ring (bicyclic) bond motifs is 3. The minimum absolute atomic E-state index is 0.267. The topological polar surface area (TPSA) is 72.2 Å². The molecule has 0 spiro atoms. The van der Waals surface area contributed by atoms with Crippen molar-refractivity contribution in [2.24, 2.45) is 0 Å². The van der Waals surface area contributed by atoms with E-state index < -0.39 is 0 Å². The molecule has 0 unspecified atom stereocenters. The lowest BCUT2D eigenvalue weighted by Gasteiger charge is -2.13. The first-order valence-corrected chi connectivity index (χ1v) is 9.76. The Balaban J connectivity index is 1.77. The third-order valence-electron chi connectivity index (χ3n) is 4.81. The van der Waals surface area contributed by atoms with Gasteiger partial charge >= 0.3 is 0 Å². The molecule has 2 aromatic heterocycles. The van der Waals surface area contributed by atoms with Gasteiger partial charge in [-0.3, -0.25) is 4.79 Å². The molecule has 7 heteroatoms. The standard InChI is InChI=1S/C23H16ClN5O/c1-14-6-8-15(9-7-14)20-22(30)27-21-18-4-2-3-5-19(18)26-23(29(21)28-20)25-17-12-10-16(24)11-13-17/h2-13H,1H3,(H,25,26). The second kappa shape index (κ2) is 7.24. The van der Waals surface area contributed by atoms with Crippen LogP contribution >= 0.6 is 11.6 Å². The zero-order chi connectivity index (χ0) is 20.7. The number of nitrogens with one attached hydrogen (secondary N) is 1. The number of rotatable bonds is 3. The van der Waals surface area contributed by atoms with E-state index >= 15 is 0 Å². The Kier molecular flexibility index (Phi) is 4.41.